The quantitative estimate of drug-likeness (QED) is 0.312. The van der Waals surface area contributed by atoms with E-state index in [2.05, 4.69) is 22.0 Å². The van der Waals surface area contributed by atoms with Gasteiger partial charge in [-0.2, -0.15) is 0 Å². The molecule has 0 saturated heterocycles. The Balaban J connectivity index is 1.17. The van der Waals surface area contributed by atoms with Gasteiger partial charge in [0.05, 0.1) is 17.5 Å². The Labute approximate surface area is 218 Å². The summed E-state index contributed by atoms with van der Waals surface area (Å²) in [7, 11) is 0. The maximum absolute atomic E-state index is 13.5. The third-order valence-electron chi connectivity index (χ3n) is 7.05. The minimum atomic E-state index is 0.0609. The van der Waals surface area contributed by atoms with Crippen LogP contribution >= 0.6 is 0 Å². The molecule has 0 fully saturated rings. The van der Waals surface area contributed by atoms with Crippen molar-refractivity contribution in [3.8, 4) is 0 Å². The Morgan fingerprint density at radius 1 is 0.865 bits per heavy atom. The van der Waals surface area contributed by atoms with E-state index in [-0.39, 0.29) is 11.8 Å². The third kappa shape index (κ3) is 6.08. The number of imidazole rings is 1. The Morgan fingerprint density at radius 2 is 1.65 bits per heavy atom. The molecule has 0 saturated carbocycles. The van der Waals surface area contributed by atoms with Crippen LogP contribution in [0.5, 0.6) is 0 Å². The largest absolute Gasteiger partial charge is 0.356 e. The summed E-state index contributed by atoms with van der Waals surface area (Å²) in [5, 5.41) is 3.02. The fraction of sp³-hybridized carbons (Fsp3) is 0.323. The molecule has 0 atom stereocenters. The SMILES string of the molecule is O=C(Cc1ccccc1)NCCCCCc1nc2ccccc2n1CC(=O)N1CCCc2ccccc21. The molecule has 2 amide bonds. The number of rotatable bonds is 10. The van der Waals surface area contributed by atoms with Crippen LogP contribution in [0.25, 0.3) is 11.0 Å². The van der Waals surface area contributed by atoms with Gasteiger partial charge < -0.3 is 14.8 Å². The van der Waals surface area contributed by atoms with Gasteiger partial charge in [0.2, 0.25) is 11.8 Å². The molecule has 6 nitrogen and oxygen atoms in total. The van der Waals surface area contributed by atoms with Crippen LogP contribution in [0.4, 0.5) is 5.69 Å². The Kier molecular flexibility index (Phi) is 7.94. The van der Waals surface area contributed by atoms with E-state index < -0.39 is 0 Å². The number of aromatic nitrogens is 2. The van der Waals surface area contributed by atoms with E-state index in [1.165, 1.54) is 5.56 Å². The first-order valence-electron chi connectivity index (χ1n) is 13.3. The van der Waals surface area contributed by atoms with Crippen LogP contribution in [0, 0.1) is 0 Å². The van der Waals surface area contributed by atoms with E-state index in [0.29, 0.717) is 19.5 Å². The van der Waals surface area contributed by atoms with Gasteiger partial charge in [0.25, 0.3) is 0 Å². The maximum Gasteiger partial charge on any atom is 0.246 e. The van der Waals surface area contributed by atoms with Crippen LogP contribution in [-0.4, -0.2) is 34.5 Å². The van der Waals surface area contributed by atoms with Crippen molar-refractivity contribution in [2.24, 2.45) is 0 Å². The van der Waals surface area contributed by atoms with Crippen LogP contribution in [-0.2, 0) is 35.4 Å². The number of benzene rings is 3. The van der Waals surface area contributed by atoms with Crippen LogP contribution in [0.3, 0.4) is 0 Å². The molecule has 2 heterocycles. The van der Waals surface area contributed by atoms with Crippen molar-refractivity contribution in [3.05, 3.63) is 95.8 Å². The van der Waals surface area contributed by atoms with Crippen molar-refractivity contribution < 1.29 is 9.59 Å². The van der Waals surface area contributed by atoms with Crippen LogP contribution in [0.15, 0.2) is 78.9 Å². The maximum atomic E-state index is 13.5. The van der Waals surface area contributed by atoms with Gasteiger partial charge in [0, 0.05) is 25.2 Å². The van der Waals surface area contributed by atoms with Gasteiger partial charge in [-0.15, -0.1) is 0 Å². The first-order valence-corrected chi connectivity index (χ1v) is 13.3. The molecule has 0 spiro atoms. The molecule has 1 aliphatic rings. The van der Waals surface area contributed by atoms with Gasteiger partial charge in [-0.3, -0.25) is 9.59 Å². The van der Waals surface area contributed by atoms with E-state index in [4.69, 9.17) is 4.98 Å². The molecule has 1 aromatic heterocycles. The number of aryl methyl sites for hydroxylation is 2. The highest BCUT2D eigenvalue weighted by Crippen LogP contribution is 2.27. The summed E-state index contributed by atoms with van der Waals surface area (Å²) in [6.07, 6.45) is 6.09. The second-order valence-electron chi connectivity index (χ2n) is 9.70. The number of fused-ring (bicyclic) bond motifs is 2. The summed E-state index contributed by atoms with van der Waals surface area (Å²) < 4.78 is 2.09. The van der Waals surface area contributed by atoms with Crippen LogP contribution in [0.1, 0.15) is 42.6 Å². The molecular weight excluding hydrogens is 460 g/mol. The summed E-state index contributed by atoms with van der Waals surface area (Å²) in [5.74, 6) is 1.12. The van der Waals surface area contributed by atoms with Crippen LogP contribution in [0.2, 0.25) is 0 Å². The summed E-state index contributed by atoms with van der Waals surface area (Å²) >= 11 is 0. The number of hydrogen-bond donors (Lipinski definition) is 1. The lowest BCUT2D eigenvalue weighted by Gasteiger charge is -2.29. The van der Waals surface area contributed by atoms with Gasteiger partial charge in [-0.05, 0) is 55.0 Å². The minimum absolute atomic E-state index is 0.0609. The molecule has 3 aromatic carbocycles. The Morgan fingerprint density at radius 3 is 2.54 bits per heavy atom. The predicted molar refractivity (Wildman–Crippen MR) is 148 cm³/mol. The average molecular weight is 495 g/mol. The highest BCUT2D eigenvalue weighted by Gasteiger charge is 2.23. The summed E-state index contributed by atoms with van der Waals surface area (Å²) in [4.78, 5) is 32.4. The van der Waals surface area contributed by atoms with E-state index in [1.807, 2.05) is 71.6 Å². The lowest BCUT2D eigenvalue weighted by atomic mass is 10.0. The van der Waals surface area contributed by atoms with E-state index >= 15 is 0 Å². The van der Waals surface area contributed by atoms with E-state index in [0.717, 1.165) is 73.2 Å². The average Bonchev–Trinajstić information content (AvgIpc) is 3.27. The Hall–Kier alpha value is -3.93. The number of nitrogens with zero attached hydrogens (tertiary/aromatic N) is 3. The first kappa shape index (κ1) is 24.8. The molecule has 1 N–H and O–H groups in total. The van der Waals surface area contributed by atoms with Crippen molar-refractivity contribution >= 4 is 28.5 Å². The third-order valence-corrected chi connectivity index (χ3v) is 7.05. The second kappa shape index (κ2) is 11.9. The highest BCUT2D eigenvalue weighted by molar-refractivity contribution is 5.95. The summed E-state index contributed by atoms with van der Waals surface area (Å²) in [5.41, 5.74) is 5.25. The van der Waals surface area contributed by atoms with Crippen molar-refractivity contribution in [3.63, 3.8) is 0 Å². The van der Waals surface area contributed by atoms with Gasteiger partial charge in [-0.1, -0.05) is 67.1 Å². The lowest BCUT2D eigenvalue weighted by Crippen LogP contribution is -2.38. The standard InChI is InChI=1S/C31H34N4O2/c36-30(22-24-12-3-1-4-13-24)32-20-10-2-5-19-29-33-26-16-7-9-18-28(26)35(29)23-31(37)34-21-11-15-25-14-6-8-17-27(25)34/h1,3-4,6-9,12-14,16-18H,2,5,10-11,15,19-23H2,(H,32,36). The molecule has 4 aromatic rings. The number of unbranched alkanes of at least 4 members (excludes halogenated alkanes) is 2. The normalized spacial score (nSPS) is 12.9. The molecule has 0 unspecified atom stereocenters. The van der Waals surface area contributed by atoms with Gasteiger partial charge in [0.15, 0.2) is 0 Å². The van der Waals surface area contributed by atoms with Crippen LogP contribution < -0.4 is 10.2 Å². The lowest BCUT2D eigenvalue weighted by molar-refractivity contribution is -0.120. The van der Waals surface area contributed by atoms with Gasteiger partial charge >= 0.3 is 0 Å². The smallest absolute Gasteiger partial charge is 0.246 e. The van der Waals surface area contributed by atoms with Crippen molar-refractivity contribution in [1.29, 1.82) is 0 Å². The zero-order chi connectivity index (χ0) is 25.5. The number of anilines is 1. The monoisotopic (exact) mass is 494 g/mol. The number of para-hydroxylation sites is 3. The fourth-order valence-corrected chi connectivity index (χ4v) is 5.16. The topological polar surface area (TPSA) is 67.2 Å². The summed E-state index contributed by atoms with van der Waals surface area (Å²) in [6.45, 7) is 1.72. The number of nitrogens with one attached hydrogen (secondary N) is 1. The predicted octanol–water partition coefficient (Wildman–Crippen LogP) is 5.09. The molecule has 0 radical (unpaired) electrons. The van der Waals surface area contributed by atoms with E-state index in [9.17, 15) is 9.59 Å². The highest BCUT2D eigenvalue weighted by atomic mass is 16.2. The first-order chi connectivity index (χ1) is 18.2. The molecule has 37 heavy (non-hydrogen) atoms. The van der Waals surface area contributed by atoms with E-state index in [1.54, 1.807) is 0 Å². The number of carbonyl (C=O) groups excluding carboxylic acids is 2. The van der Waals surface area contributed by atoms with Gasteiger partial charge in [0.1, 0.15) is 12.4 Å². The molecule has 6 heteroatoms. The molecule has 0 aliphatic carbocycles. The zero-order valence-electron chi connectivity index (χ0n) is 21.2. The second-order valence-corrected chi connectivity index (χ2v) is 9.70. The number of carbonyl (C=O) groups is 2. The number of hydrogen-bond acceptors (Lipinski definition) is 3. The van der Waals surface area contributed by atoms with Crippen molar-refractivity contribution in [1.82, 2.24) is 14.9 Å². The van der Waals surface area contributed by atoms with Crippen molar-refractivity contribution in [2.45, 2.75) is 51.5 Å². The molecule has 0 bridgehead atoms. The molecule has 5 rings (SSSR count). The van der Waals surface area contributed by atoms with Gasteiger partial charge in [-0.25, -0.2) is 4.98 Å². The Bertz CT molecular complexity index is 1360. The number of amides is 2. The molecular formula is C31H34N4O2. The summed E-state index contributed by atoms with van der Waals surface area (Å²) in [6, 6.07) is 26.1. The fourth-order valence-electron chi connectivity index (χ4n) is 5.16. The minimum Gasteiger partial charge on any atom is -0.356 e. The molecule has 1 aliphatic heterocycles. The zero-order valence-corrected chi connectivity index (χ0v) is 21.2. The van der Waals surface area contributed by atoms with Crippen molar-refractivity contribution in [2.75, 3.05) is 18.0 Å². The molecule has 190 valence electrons.